The average molecular weight is 321 g/mol. The zero-order chi connectivity index (χ0) is 16.7. The topological polar surface area (TPSA) is 44.4 Å². The van der Waals surface area contributed by atoms with E-state index in [1.165, 1.54) is 36.4 Å². The molecule has 4 nitrogen and oxygen atoms in total. The van der Waals surface area contributed by atoms with E-state index in [-0.39, 0.29) is 17.4 Å². The maximum Gasteiger partial charge on any atom is 0.331 e. The molecule has 1 fully saturated rings. The zero-order valence-electron chi connectivity index (χ0n) is 14.2. The van der Waals surface area contributed by atoms with Gasteiger partial charge in [-0.3, -0.25) is 5.01 Å². The Labute approximate surface area is 138 Å². The van der Waals surface area contributed by atoms with Gasteiger partial charge in [-0.2, -0.15) is 0 Å². The van der Waals surface area contributed by atoms with Gasteiger partial charge < -0.3 is 5.32 Å². The SMILES string of the molecule is CN(NCCCc1ccc(F)cc1)C(=O)NC1(C)CCCCC1. The lowest BCUT2D eigenvalue weighted by Crippen LogP contribution is -2.54. The first-order valence-electron chi connectivity index (χ1n) is 8.52. The molecule has 1 saturated carbocycles. The lowest BCUT2D eigenvalue weighted by atomic mass is 9.83. The summed E-state index contributed by atoms with van der Waals surface area (Å²) < 4.78 is 12.8. The van der Waals surface area contributed by atoms with Gasteiger partial charge in [-0.25, -0.2) is 14.6 Å². The molecule has 0 saturated heterocycles. The number of nitrogens with one attached hydrogen (secondary N) is 2. The van der Waals surface area contributed by atoms with E-state index in [2.05, 4.69) is 17.7 Å². The van der Waals surface area contributed by atoms with Gasteiger partial charge in [-0.15, -0.1) is 0 Å². The number of hydrazine groups is 1. The number of aryl methyl sites for hydroxylation is 1. The van der Waals surface area contributed by atoms with Gasteiger partial charge in [0.15, 0.2) is 0 Å². The maximum atomic E-state index is 12.8. The lowest BCUT2D eigenvalue weighted by molar-refractivity contribution is 0.164. The minimum atomic E-state index is -0.209. The Kier molecular flexibility index (Phi) is 6.39. The maximum absolute atomic E-state index is 12.8. The van der Waals surface area contributed by atoms with Crippen LogP contribution in [-0.2, 0) is 6.42 Å². The highest BCUT2D eigenvalue weighted by Gasteiger charge is 2.29. The van der Waals surface area contributed by atoms with Crippen molar-refractivity contribution in [2.75, 3.05) is 13.6 Å². The fraction of sp³-hybridized carbons (Fsp3) is 0.611. The van der Waals surface area contributed by atoms with Gasteiger partial charge in [0, 0.05) is 19.1 Å². The Bertz CT molecular complexity index is 497. The quantitative estimate of drug-likeness (QED) is 0.621. The summed E-state index contributed by atoms with van der Waals surface area (Å²) in [5.41, 5.74) is 4.15. The molecule has 0 radical (unpaired) electrons. The first-order valence-corrected chi connectivity index (χ1v) is 8.52. The van der Waals surface area contributed by atoms with E-state index in [1.807, 2.05) is 0 Å². The third-order valence-electron chi connectivity index (χ3n) is 4.57. The minimum absolute atomic E-state index is 0.0701. The van der Waals surface area contributed by atoms with E-state index in [0.29, 0.717) is 6.54 Å². The number of carbonyl (C=O) groups excluding carboxylic acids is 1. The molecule has 2 N–H and O–H groups in total. The summed E-state index contributed by atoms with van der Waals surface area (Å²) in [5.74, 6) is -0.209. The van der Waals surface area contributed by atoms with Crippen LogP contribution in [-0.4, -0.2) is 30.2 Å². The molecule has 1 aromatic rings. The van der Waals surface area contributed by atoms with Gasteiger partial charge >= 0.3 is 6.03 Å². The molecule has 23 heavy (non-hydrogen) atoms. The first-order chi connectivity index (χ1) is 11.0. The van der Waals surface area contributed by atoms with Crippen LogP contribution in [0.25, 0.3) is 0 Å². The Morgan fingerprint density at radius 3 is 2.52 bits per heavy atom. The fourth-order valence-electron chi connectivity index (χ4n) is 3.06. The standard InChI is InChI=1S/C18H28FN3O/c1-18(12-4-3-5-13-18)21-17(23)22(2)20-14-6-7-15-8-10-16(19)11-9-15/h8-11,20H,3-7,12-14H2,1-2H3,(H,21,23). The molecule has 0 aromatic heterocycles. The molecule has 1 aliphatic rings. The van der Waals surface area contributed by atoms with Crippen LogP contribution in [0.2, 0.25) is 0 Å². The molecule has 0 spiro atoms. The number of hydrogen-bond acceptors (Lipinski definition) is 2. The Morgan fingerprint density at radius 1 is 1.22 bits per heavy atom. The van der Waals surface area contributed by atoms with E-state index in [9.17, 15) is 9.18 Å². The zero-order valence-corrected chi connectivity index (χ0v) is 14.2. The van der Waals surface area contributed by atoms with Crippen LogP contribution in [0.4, 0.5) is 9.18 Å². The predicted octanol–water partition coefficient (Wildman–Crippen LogP) is 3.63. The van der Waals surface area contributed by atoms with Crippen molar-refractivity contribution in [2.45, 2.75) is 57.4 Å². The van der Waals surface area contributed by atoms with Crippen LogP contribution in [0.5, 0.6) is 0 Å². The number of rotatable bonds is 6. The Balaban J connectivity index is 1.66. The third kappa shape index (κ3) is 5.82. The van der Waals surface area contributed by atoms with Crippen molar-refractivity contribution in [2.24, 2.45) is 0 Å². The smallest absolute Gasteiger partial charge is 0.331 e. The summed E-state index contributed by atoms with van der Waals surface area (Å²) in [7, 11) is 1.75. The van der Waals surface area contributed by atoms with Crippen LogP contribution in [0.3, 0.4) is 0 Å². The van der Waals surface area contributed by atoms with Crippen molar-refractivity contribution in [3.63, 3.8) is 0 Å². The number of amides is 2. The molecule has 2 rings (SSSR count). The monoisotopic (exact) mass is 321 g/mol. The third-order valence-corrected chi connectivity index (χ3v) is 4.57. The summed E-state index contributed by atoms with van der Waals surface area (Å²) in [5, 5.41) is 4.67. The van der Waals surface area contributed by atoms with Crippen LogP contribution in [0, 0.1) is 5.82 Å². The van der Waals surface area contributed by atoms with Crippen LogP contribution in [0.1, 0.15) is 51.0 Å². The highest BCUT2D eigenvalue weighted by Crippen LogP contribution is 2.27. The van der Waals surface area contributed by atoms with Gasteiger partial charge in [-0.1, -0.05) is 31.4 Å². The number of benzene rings is 1. The van der Waals surface area contributed by atoms with Crippen LogP contribution in [0.15, 0.2) is 24.3 Å². The molecular formula is C18H28FN3O. The van der Waals surface area contributed by atoms with Crippen molar-refractivity contribution in [1.82, 2.24) is 15.8 Å². The molecule has 128 valence electrons. The van der Waals surface area contributed by atoms with Gasteiger partial charge in [0.2, 0.25) is 0 Å². The van der Waals surface area contributed by atoms with Gasteiger partial charge in [0.1, 0.15) is 5.82 Å². The molecule has 0 atom stereocenters. The Morgan fingerprint density at radius 2 is 1.87 bits per heavy atom. The van der Waals surface area contributed by atoms with E-state index in [0.717, 1.165) is 31.2 Å². The average Bonchev–Trinajstić information content (AvgIpc) is 2.53. The lowest BCUT2D eigenvalue weighted by Gasteiger charge is -2.36. The van der Waals surface area contributed by atoms with E-state index < -0.39 is 0 Å². The molecule has 0 unspecified atom stereocenters. The minimum Gasteiger partial charge on any atom is -0.332 e. The highest BCUT2D eigenvalue weighted by atomic mass is 19.1. The number of carbonyl (C=O) groups is 1. The second-order valence-electron chi connectivity index (χ2n) is 6.75. The molecular weight excluding hydrogens is 293 g/mol. The predicted molar refractivity (Wildman–Crippen MR) is 90.5 cm³/mol. The molecule has 0 bridgehead atoms. The van der Waals surface area contributed by atoms with Crippen LogP contribution < -0.4 is 10.7 Å². The van der Waals surface area contributed by atoms with E-state index in [4.69, 9.17) is 0 Å². The van der Waals surface area contributed by atoms with Crippen LogP contribution >= 0.6 is 0 Å². The van der Waals surface area contributed by atoms with Gasteiger partial charge in [-0.05, 0) is 50.3 Å². The molecule has 2 amide bonds. The summed E-state index contributed by atoms with van der Waals surface area (Å²) >= 11 is 0. The summed E-state index contributed by atoms with van der Waals surface area (Å²) in [6, 6.07) is 6.49. The number of halogens is 1. The van der Waals surface area contributed by atoms with E-state index >= 15 is 0 Å². The summed E-state index contributed by atoms with van der Waals surface area (Å²) in [6.07, 6.45) is 7.50. The number of hydrogen-bond donors (Lipinski definition) is 2. The second kappa shape index (κ2) is 8.29. The summed E-state index contributed by atoms with van der Waals surface area (Å²) in [4.78, 5) is 12.2. The van der Waals surface area contributed by atoms with Crippen molar-refractivity contribution in [3.05, 3.63) is 35.6 Å². The van der Waals surface area contributed by atoms with Crippen molar-refractivity contribution >= 4 is 6.03 Å². The molecule has 5 heteroatoms. The van der Waals surface area contributed by atoms with Crippen molar-refractivity contribution in [3.8, 4) is 0 Å². The van der Waals surface area contributed by atoms with Gasteiger partial charge in [0.25, 0.3) is 0 Å². The largest absolute Gasteiger partial charge is 0.332 e. The molecule has 0 aliphatic heterocycles. The van der Waals surface area contributed by atoms with Crippen molar-refractivity contribution < 1.29 is 9.18 Å². The Hall–Kier alpha value is -1.62. The number of urea groups is 1. The molecule has 0 heterocycles. The molecule has 1 aromatic carbocycles. The summed E-state index contributed by atoms with van der Waals surface area (Å²) in [6.45, 7) is 2.84. The molecule has 1 aliphatic carbocycles. The highest BCUT2D eigenvalue weighted by molar-refractivity contribution is 5.74. The number of nitrogens with zero attached hydrogens (tertiary/aromatic N) is 1. The van der Waals surface area contributed by atoms with Gasteiger partial charge in [0.05, 0.1) is 0 Å². The fourth-order valence-corrected chi connectivity index (χ4v) is 3.06. The van der Waals surface area contributed by atoms with Crippen molar-refractivity contribution in [1.29, 1.82) is 0 Å². The second-order valence-corrected chi connectivity index (χ2v) is 6.75. The normalized spacial score (nSPS) is 16.8. The first kappa shape index (κ1) is 17.7. The van der Waals surface area contributed by atoms with E-state index in [1.54, 1.807) is 19.2 Å².